The van der Waals surface area contributed by atoms with Crippen LogP contribution in [0.5, 0.6) is 0 Å². The molecular weight excluding hydrogens is 233 g/mol. The van der Waals surface area contributed by atoms with E-state index in [9.17, 15) is 14.3 Å². The van der Waals surface area contributed by atoms with Crippen molar-refractivity contribution in [2.75, 3.05) is 6.54 Å². The van der Waals surface area contributed by atoms with Crippen LogP contribution in [0.1, 0.15) is 25.8 Å². The lowest BCUT2D eigenvalue weighted by Crippen LogP contribution is -2.30. The fraction of sp³-hybridized carbons (Fsp3) is 0.500. The van der Waals surface area contributed by atoms with Gasteiger partial charge in [0.2, 0.25) is 5.91 Å². The first-order chi connectivity index (χ1) is 8.47. The Labute approximate surface area is 107 Å². The third kappa shape index (κ3) is 5.77. The van der Waals surface area contributed by atoms with Gasteiger partial charge in [-0.2, -0.15) is 0 Å². The van der Waals surface area contributed by atoms with Gasteiger partial charge < -0.3 is 10.4 Å². The second-order valence-electron chi connectivity index (χ2n) is 4.80. The first kappa shape index (κ1) is 14.6. The molecule has 2 atom stereocenters. The summed E-state index contributed by atoms with van der Waals surface area (Å²) in [5.74, 6) is -0.234. The minimum atomic E-state index is -0.361. The van der Waals surface area contributed by atoms with Crippen molar-refractivity contribution in [2.24, 2.45) is 5.92 Å². The normalized spacial score (nSPS) is 14.0. The summed E-state index contributed by atoms with van der Waals surface area (Å²) in [5, 5.41) is 12.0. The lowest BCUT2D eigenvalue weighted by Gasteiger charge is -2.14. The van der Waals surface area contributed by atoms with Crippen LogP contribution in [0.25, 0.3) is 0 Å². The molecule has 0 aromatic heterocycles. The van der Waals surface area contributed by atoms with E-state index in [0.29, 0.717) is 18.5 Å². The molecule has 1 rings (SSSR count). The molecule has 18 heavy (non-hydrogen) atoms. The number of hydrogen-bond donors (Lipinski definition) is 2. The fourth-order valence-corrected chi connectivity index (χ4v) is 1.85. The number of hydrogen-bond acceptors (Lipinski definition) is 2. The van der Waals surface area contributed by atoms with Crippen molar-refractivity contribution in [3.63, 3.8) is 0 Å². The highest BCUT2D eigenvalue weighted by Gasteiger charge is 2.09. The molecule has 0 heterocycles. The molecule has 0 aliphatic heterocycles. The van der Waals surface area contributed by atoms with Gasteiger partial charge in [0, 0.05) is 6.54 Å². The average molecular weight is 253 g/mol. The second-order valence-corrected chi connectivity index (χ2v) is 4.80. The Morgan fingerprint density at radius 1 is 1.44 bits per heavy atom. The third-order valence-corrected chi connectivity index (χ3v) is 2.64. The lowest BCUT2D eigenvalue weighted by molar-refractivity contribution is -0.120. The molecule has 1 aromatic rings. The zero-order valence-corrected chi connectivity index (χ0v) is 10.8. The minimum absolute atomic E-state index is 0.127. The van der Waals surface area contributed by atoms with Crippen LogP contribution in [0.3, 0.4) is 0 Å². The summed E-state index contributed by atoms with van der Waals surface area (Å²) in [6, 6.07) is 6.03. The number of halogens is 1. The minimum Gasteiger partial charge on any atom is -0.393 e. The Morgan fingerprint density at radius 2 is 2.17 bits per heavy atom. The van der Waals surface area contributed by atoms with Crippen LogP contribution >= 0.6 is 0 Å². The lowest BCUT2D eigenvalue weighted by atomic mass is 10.0. The Kier molecular flexibility index (Phi) is 5.78. The van der Waals surface area contributed by atoms with Crippen molar-refractivity contribution >= 4 is 5.91 Å². The molecule has 4 heteroatoms. The number of rotatable bonds is 6. The Hall–Kier alpha value is -1.42. The summed E-state index contributed by atoms with van der Waals surface area (Å²) in [6.07, 6.45) is 0.472. The predicted molar refractivity (Wildman–Crippen MR) is 68.6 cm³/mol. The Balaban J connectivity index is 2.34. The van der Waals surface area contributed by atoms with Gasteiger partial charge >= 0.3 is 0 Å². The van der Waals surface area contributed by atoms with E-state index in [1.807, 2.05) is 6.92 Å². The van der Waals surface area contributed by atoms with Crippen molar-refractivity contribution in [1.82, 2.24) is 5.32 Å². The monoisotopic (exact) mass is 253 g/mol. The topological polar surface area (TPSA) is 49.3 Å². The largest absolute Gasteiger partial charge is 0.393 e. The van der Waals surface area contributed by atoms with Crippen molar-refractivity contribution in [2.45, 2.75) is 32.8 Å². The van der Waals surface area contributed by atoms with Crippen LogP contribution in [0.15, 0.2) is 24.3 Å². The molecule has 0 saturated carbocycles. The molecule has 0 spiro atoms. The van der Waals surface area contributed by atoms with E-state index in [2.05, 4.69) is 5.32 Å². The Morgan fingerprint density at radius 3 is 2.78 bits per heavy atom. The fourth-order valence-electron chi connectivity index (χ4n) is 1.85. The molecular formula is C14H20FNO2. The molecule has 3 nitrogen and oxygen atoms in total. The molecule has 2 unspecified atom stereocenters. The molecule has 1 amide bonds. The van der Waals surface area contributed by atoms with Gasteiger partial charge in [-0.05, 0) is 37.0 Å². The molecule has 0 aliphatic rings. The van der Waals surface area contributed by atoms with Gasteiger partial charge in [-0.15, -0.1) is 0 Å². The molecule has 0 fully saturated rings. The highest BCUT2D eigenvalue weighted by molar-refractivity contribution is 5.78. The van der Waals surface area contributed by atoms with Crippen LogP contribution < -0.4 is 5.32 Å². The standard InChI is InChI=1S/C14H20FNO2/c1-10(6-11(2)17)9-16-14(18)8-12-4-3-5-13(15)7-12/h3-5,7,10-11,17H,6,8-9H2,1-2H3,(H,16,18). The van der Waals surface area contributed by atoms with Crippen LogP contribution in [-0.2, 0) is 11.2 Å². The molecule has 0 aliphatic carbocycles. The summed E-state index contributed by atoms with van der Waals surface area (Å²) in [4.78, 5) is 11.6. The first-order valence-electron chi connectivity index (χ1n) is 6.16. The number of carbonyl (C=O) groups excluding carboxylic acids is 1. The number of aliphatic hydroxyl groups is 1. The SMILES string of the molecule is CC(O)CC(C)CNC(=O)Cc1cccc(F)c1. The van der Waals surface area contributed by atoms with Crippen molar-refractivity contribution in [3.8, 4) is 0 Å². The number of benzene rings is 1. The number of nitrogens with one attached hydrogen (secondary N) is 1. The maximum atomic E-state index is 12.9. The molecule has 100 valence electrons. The predicted octanol–water partition coefficient (Wildman–Crippen LogP) is 1.89. The summed E-state index contributed by atoms with van der Waals surface area (Å²) in [6.45, 7) is 4.22. The molecule has 0 bridgehead atoms. The number of carbonyl (C=O) groups is 1. The zero-order chi connectivity index (χ0) is 13.5. The smallest absolute Gasteiger partial charge is 0.224 e. The molecule has 0 saturated heterocycles. The van der Waals surface area contributed by atoms with Crippen LogP contribution in [0.4, 0.5) is 4.39 Å². The van der Waals surface area contributed by atoms with E-state index in [0.717, 1.165) is 0 Å². The third-order valence-electron chi connectivity index (χ3n) is 2.64. The van der Waals surface area contributed by atoms with Crippen LogP contribution in [0, 0.1) is 11.7 Å². The van der Waals surface area contributed by atoms with Gasteiger partial charge in [-0.3, -0.25) is 4.79 Å². The van der Waals surface area contributed by atoms with Crippen molar-refractivity contribution in [1.29, 1.82) is 0 Å². The summed E-state index contributed by atoms with van der Waals surface area (Å²) in [5.41, 5.74) is 0.663. The number of aliphatic hydroxyl groups excluding tert-OH is 1. The average Bonchev–Trinajstić information content (AvgIpc) is 2.25. The summed E-state index contributed by atoms with van der Waals surface area (Å²) < 4.78 is 12.9. The van der Waals surface area contributed by atoms with Gasteiger partial charge in [0.25, 0.3) is 0 Å². The van der Waals surface area contributed by atoms with E-state index in [4.69, 9.17) is 0 Å². The summed E-state index contributed by atoms with van der Waals surface area (Å²) in [7, 11) is 0. The summed E-state index contributed by atoms with van der Waals surface area (Å²) >= 11 is 0. The molecule has 0 radical (unpaired) electrons. The van der Waals surface area contributed by atoms with E-state index in [1.54, 1.807) is 19.1 Å². The maximum absolute atomic E-state index is 12.9. The van der Waals surface area contributed by atoms with Crippen LogP contribution in [0.2, 0.25) is 0 Å². The van der Waals surface area contributed by atoms with Gasteiger partial charge in [0.05, 0.1) is 12.5 Å². The quantitative estimate of drug-likeness (QED) is 0.813. The van der Waals surface area contributed by atoms with E-state index in [-0.39, 0.29) is 30.2 Å². The number of amides is 1. The van der Waals surface area contributed by atoms with E-state index >= 15 is 0 Å². The highest BCUT2D eigenvalue weighted by Crippen LogP contribution is 2.06. The molecule has 2 N–H and O–H groups in total. The van der Waals surface area contributed by atoms with Gasteiger partial charge in [0.15, 0.2) is 0 Å². The van der Waals surface area contributed by atoms with Crippen LogP contribution in [-0.4, -0.2) is 23.7 Å². The van der Waals surface area contributed by atoms with Gasteiger partial charge in [0.1, 0.15) is 5.82 Å². The highest BCUT2D eigenvalue weighted by atomic mass is 19.1. The molecule has 1 aromatic carbocycles. The van der Waals surface area contributed by atoms with Gasteiger partial charge in [-0.25, -0.2) is 4.39 Å². The van der Waals surface area contributed by atoms with Crippen molar-refractivity contribution in [3.05, 3.63) is 35.6 Å². The zero-order valence-electron chi connectivity index (χ0n) is 10.8. The Bertz CT molecular complexity index is 393. The van der Waals surface area contributed by atoms with Crippen molar-refractivity contribution < 1.29 is 14.3 Å². The maximum Gasteiger partial charge on any atom is 0.224 e. The van der Waals surface area contributed by atoms with E-state index in [1.165, 1.54) is 12.1 Å². The first-order valence-corrected chi connectivity index (χ1v) is 6.16. The second kappa shape index (κ2) is 7.11. The van der Waals surface area contributed by atoms with Gasteiger partial charge in [-0.1, -0.05) is 19.1 Å². The van der Waals surface area contributed by atoms with E-state index < -0.39 is 0 Å².